The van der Waals surface area contributed by atoms with Gasteiger partial charge in [0, 0.05) is 50.2 Å². The van der Waals surface area contributed by atoms with Gasteiger partial charge in [-0.3, -0.25) is 4.98 Å². The fourth-order valence-corrected chi connectivity index (χ4v) is 7.82. The van der Waals surface area contributed by atoms with Gasteiger partial charge < -0.3 is 9.13 Å². The van der Waals surface area contributed by atoms with Crippen molar-refractivity contribution >= 4 is 65.2 Å². The fourth-order valence-electron chi connectivity index (χ4n) is 7.82. The van der Waals surface area contributed by atoms with Crippen molar-refractivity contribution in [3.63, 3.8) is 0 Å². The molecule has 0 aliphatic carbocycles. The molecule has 0 unspecified atom stereocenters. The molecule has 0 spiro atoms. The Bertz CT molecular complexity index is 2840. The van der Waals surface area contributed by atoms with Gasteiger partial charge in [-0.25, -0.2) is 0 Å². The third kappa shape index (κ3) is 3.77. The number of fused-ring (bicyclic) bond motifs is 9. The highest BCUT2D eigenvalue weighted by atomic mass is 15.0. The second kappa shape index (κ2) is 9.90. The minimum atomic E-state index is 1.04. The summed E-state index contributed by atoms with van der Waals surface area (Å²) in [5, 5.41) is 9.93. The van der Waals surface area contributed by atoms with Gasteiger partial charge in [0.25, 0.3) is 0 Å². The summed E-state index contributed by atoms with van der Waals surface area (Å²) in [7, 11) is 0. The van der Waals surface area contributed by atoms with Crippen LogP contribution >= 0.6 is 0 Å². The Balaban J connectivity index is 1.30. The van der Waals surface area contributed by atoms with Gasteiger partial charge in [-0.05, 0) is 107 Å². The minimum absolute atomic E-state index is 1.04. The molecule has 0 aliphatic rings. The Morgan fingerprint density at radius 3 is 1.68 bits per heavy atom. The SMILES string of the molecule is Cc1nccc2c1c(-c1ccc3c(c1)c1ccccc1n3-c1ccccc1)cc1cc3c(cc12)c1ccccc1n3-c1ccccc1. The van der Waals surface area contributed by atoms with Gasteiger partial charge in [0.05, 0.1) is 22.1 Å². The number of hydrogen-bond donors (Lipinski definition) is 0. The molecule has 0 saturated heterocycles. The first-order valence-corrected chi connectivity index (χ1v) is 16.1. The summed E-state index contributed by atoms with van der Waals surface area (Å²) in [5.74, 6) is 0. The molecule has 10 rings (SSSR count). The van der Waals surface area contributed by atoms with Crippen molar-refractivity contribution in [2.75, 3.05) is 0 Å². The molecule has 0 saturated carbocycles. The van der Waals surface area contributed by atoms with Gasteiger partial charge >= 0.3 is 0 Å². The van der Waals surface area contributed by atoms with E-state index in [0.29, 0.717) is 0 Å². The first kappa shape index (κ1) is 26.1. The molecule has 0 amide bonds. The fraction of sp³-hybridized carbons (Fsp3) is 0.0227. The van der Waals surface area contributed by atoms with Crippen molar-refractivity contribution in [1.29, 1.82) is 0 Å². The lowest BCUT2D eigenvalue weighted by Crippen LogP contribution is -1.94. The zero-order chi connectivity index (χ0) is 31.1. The van der Waals surface area contributed by atoms with E-state index < -0.39 is 0 Å². The number of aryl methyl sites for hydroxylation is 1. The molecule has 220 valence electrons. The maximum absolute atomic E-state index is 4.80. The monoisotopic (exact) mass is 599 g/mol. The lowest BCUT2D eigenvalue weighted by molar-refractivity contribution is 1.18. The maximum atomic E-state index is 4.80. The molecule has 0 radical (unpaired) electrons. The van der Waals surface area contributed by atoms with Crippen LogP contribution in [0, 0.1) is 6.92 Å². The maximum Gasteiger partial charge on any atom is 0.0547 e. The average Bonchev–Trinajstić information content (AvgIpc) is 3.63. The Morgan fingerprint density at radius 1 is 0.426 bits per heavy atom. The molecule has 3 nitrogen and oxygen atoms in total. The van der Waals surface area contributed by atoms with Gasteiger partial charge in [0.2, 0.25) is 0 Å². The molecule has 47 heavy (non-hydrogen) atoms. The van der Waals surface area contributed by atoms with Crippen LogP contribution in [-0.2, 0) is 0 Å². The lowest BCUT2D eigenvalue weighted by Gasteiger charge is -2.14. The first-order chi connectivity index (χ1) is 23.2. The molecule has 7 aromatic carbocycles. The van der Waals surface area contributed by atoms with Crippen LogP contribution in [0.15, 0.2) is 158 Å². The molecule has 0 N–H and O–H groups in total. The number of rotatable bonds is 3. The molecular formula is C44H29N3. The van der Waals surface area contributed by atoms with Crippen molar-refractivity contribution in [3.05, 3.63) is 164 Å². The Hall–Kier alpha value is -6.19. The number of benzene rings is 7. The first-order valence-electron chi connectivity index (χ1n) is 16.1. The van der Waals surface area contributed by atoms with Crippen LogP contribution in [0.2, 0.25) is 0 Å². The quantitative estimate of drug-likeness (QED) is 0.185. The number of para-hydroxylation sites is 4. The Labute approximate surface area is 271 Å². The van der Waals surface area contributed by atoms with Crippen LogP contribution in [-0.4, -0.2) is 14.1 Å². The highest BCUT2D eigenvalue weighted by molar-refractivity contribution is 6.21. The van der Waals surface area contributed by atoms with Crippen LogP contribution in [0.25, 0.3) is 87.7 Å². The van der Waals surface area contributed by atoms with E-state index in [0.717, 1.165) is 5.69 Å². The number of aromatic nitrogens is 3. The van der Waals surface area contributed by atoms with Crippen LogP contribution in [0.1, 0.15) is 5.69 Å². The van der Waals surface area contributed by atoms with E-state index in [-0.39, 0.29) is 0 Å². The van der Waals surface area contributed by atoms with Crippen LogP contribution < -0.4 is 0 Å². The molecule has 10 aromatic rings. The average molecular weight is 600 g/mol. The van der Waals surface area contributed by atoms with Crippen molar-refractivity contribution < 1.29 is 0 Å². The van der Waals surface area contributed by atoms with E-state index in [9.17, 15) is 0 Å². The molecule has 3 heteroatoms. The second-order valence-electron chi connectivity index (χ2n) is 12.4. The van der Waals surface area contributed by atoms with E-state index in [4.69, 9.17) is 4.98 Å². The standard InChI is InChI=1S/C44H29N3/c1-28-44-35(22-23-45-28)36-27-39-34-17-9-11-19-41(34)47(32-14-6-3-7-15-32)43(39)26-30(36)25-37(44)29-20-21-42-38(24-29)33-16-8-10-18-40(33)46(42)31-12-4-2-5-13-31/h2-27H,1H3. The number of hydrogen-bond acceptors (Lipinski definition) is 1. The van der Waals surface area contributed by atoms with E-state index in [2.05, 4.69) is 168 Å². The predicted octanol–water partition coefficient (Wildman–Crippen LogP) is 11.6. The van der Waals surface area contributed by atoms with Gasteiger partial charge in [-0.15, -0.1) is 0 Å². The summed E-state index contributed by atoms with van der Waals surface area (Å²) in [5.41, 5.74) is 10.6. The lowest BCUT2D eigenvalue weighted by atomic mass is 9.91. The number of pyridine rings is 1. The van der Waals surface area contributed by atoms with Crippen LogP contribution in [0.3, 0.4) is 0 Å². The van der Waals surface area contributed by atoms with Gasteiger partial charge in [-0.2, -0.15) is 0 Å². The molecular weight excluding hydrogens is 571 g/mol. The van der Waals surface area contributed by atoms with E-state index >= 15 is 0 Å². The molecule has 0 aliphatic heterocycles. The third-order valence-corrected chi connectivity index (χ3v) is 9.86. The van der Waals surface area contributed by atoms with Crippen LogP contribution in [0.5, 0.6) is 0 Å². The summed E-state index contributed by atoms with van der Waals surface area (Å²) >= 11 is 0. The zero-order valence-electron chi connectivity index (χ0n) is 25.9. The molecule has 3 aromatic heterocycles. The van der Waals surface area contributed by atoms with E-state index in [1.165, 1.54) is 87.7 Å². The van der Waals surface area contributed by atoms with Crippen LogP contribution in [0.4, 0.5) is 0 Å². The van der Waals surface area contributed by atoms with Crippen molar-refractivity contribution in [3.8, 4) is 22.5 Å². The zero-order valence-corrected chi connectivity index (χ0v) is 25.9. The normalized spacial score (nSPS) is 11.9. The van der Waals surface area contributed by atoms with Crippen molar-refractivity contribution in [2.45, 2.75) is 6.92 Å². The van der Waals surface area contributed by atoms with Crippen molar-refractivity contribution in [2.24, 2.45) is 0 Å². The highest BCUT2D eigenvalue weighted by Gasteiger charge is 2.18. The predicted molar refractivity (Wildman–Crippen MR) is 198 cm³/mol. The van der Waals surface area contributed by atoms with Gasteiger partial charge in [0.1, 0.15) is 0 Å². The van der Waals surface area contributed by atoms with E-state index in [1.807, 2.05) is 6.20 Å². The Morgan fingerprint density at radius 2 is 1.00 bits per heavy atom. The second-order valence-corrected chi connectivity index (χ2v) is 12.4. The molecule has 0 bridgehead atoms. The highest BCUT2D eigenvalue weighted by Crippen LogP contribution is 2.42. The summed E-state index contributed by atoms with van der Waals surface area (Å²) in [6, 6.07) is 55.1. The van der Waals surface area contributed by atoms with Gasteiger partial charge in [-0.1, -0.05) is 78.9 Å². The van der Waals surface area contributed by atoms with Crippen molar-refractivity contribution in [1.82, 2.24) is 14.1 Å². The van der Waals surface area contributed by atoms with Gasteiger partial charge in [0.15, 0.2) is 0 Å². The molecule has 0 atom stereocenters. The summed E-state index contributed by atoms with van der Waals surface area (Å²) < 4.78 is 4.77. The molecule has 0 fully saturated rings. The number of nitrogens with zero attached hydrogens (tertiary/aromatic N) is 3. The largest absolute Gasteiger partial charge is 0.309 e. The summed E-state index contributed by atoms with van der Waals surface area (Å²) in [4.78, 5) is 4.80. The minimum Gasteiger partial charge on any atom is -0.309 e. The summed E-state index contributed by atoms with van der Waals surface area (Å²) in [6.07, 6.45) is 1.95. The topological polar surface area (TPSA) is 22.8 Å². The smallest absolute Gasteiger partial charge is 0.0547 e. The third-order valence-electron chi connectivity index (χ3n) is 9.86. The molecule has 3 heterocycles. The summed E-state index contributed by atoms with van der Waals surface area (Å²) in [6.45, 7) is 2.14. The Kier molecular flexibility index (Phi) is 5.49. The van der Waals surface area contributed by atoms with E-state index in [1.54, 1.807) is 0 Å².